The summed E-state index contributed by atoms with van der Waals surface area (Å²) in [7, 11) is 0. The van der Waals surface area contributed by atoms with Gasteiger partial charge in [0.2, 0.25) is 0 Å². The first-order valence-electron chi connectivity index (χ1n) is 9.89. The molecule has 3 nitrogen and oxygen atoms in total. The Morgan fingerprint density at radius 2 is 1.79 bits per heavy atom. The van der Waals surface area contributed by atoms with Crippen LogP contribution in [0.2, 0.25) is 0 Å². The number of rotatable bonds is 1. The van der Waals surface area contributed by atoms with Crippen LogP contribution in [-0.2, 0) is 14.4 Å². The van der Waals surface area contributed by atoms with Crippen LogP contribution in [0, 0.1) is 40.4 Å². The fraction of sp³-hybridized carbons (Fsp3) is 0.857. The fourth-order valence-corrected chi connectivity index (χ4v) is 7.28. The van der Waals surface area contributed by atoms with Crippen LogP contribution < -0.4 is 0 Å². The van der Waals surface area contributed by atoms with Crippen molar-refractivity contribution in [2.45, 2.75) is 72.1 Å². The smallest absolute Gasteiger partial charge is 0.139 e. The highest BCUT2D eigenvalue weighted by molar-refractivity contribution is 5.91. The average molecular weight is 330 g/mol. The van der Waals surface area contributed by atoms with Crippen molar-refractivity contribution in [1.29, 1.82) is 0 Å². The molecular formula is C21H30O3. The van der Waals surface area contributed by atoms with E-state index in [4.69, 9.17) is 0 Å². The lowest BCUT2D eigenvalue weighted by molar-refractivity contribution is -0.161. The SMILES string of the molecule is CCC1CC(=O)[C@@]2(C)CC[C@H]3[C@@H](CC(=O)[C@H]4CC(=O)CC[C@@]43C)[C@H]12. The first-order valence-corrected chi connectivity index (χ1v) is 9.89. The lowest BCUT2D eigenvalue weighted by Gasteiger charge is -2.59. The first-order chi connectivity index (χ1) is 11.3. The van der Waals surface area contributed by atoms with E-state index < -0.39 is 0 Å². The Morgan fingerprint density at radius 3 is 2.50 bits per heavy atom. The molecule has 0 aromatic rings. The predicted molar refractivity (Wildman–Crippen MR) is 91.3 cm³/mol. The average Bonchev–Trinajstić information content (AvgIpc) is 2.80. The van der Waals surface area contributed by atoms with Gasteiger partial charge in [-0.05, 0) is 48.3 Å². The number of ketones is 3. The van der Waals surface area contributed by atoms with Crippen molar-refractivity contribution in [3.63, 3.8) is 0 Å². The lowest BCUT2D eigenvalue weighted by Crippen LogP contribution is -2.57. The highest BCUT2D eigenvalue weighted by Crippen LogP contribution is 2.65. The second-order valence-corrected chi connectivity index (χ2v) is 9.52. The predicted octanol–water partition coefficient (Wildman–Crippen LogP) is 3.98. The minimum absolute atomic E-state index is 0.0147. The molecule has 0 aromatic heterocycles. The summed E-state index contributed by atoms with van der Waals surface area (Å²) < 4.78 is 0. The van der Waals surface area contributed by atoms with Crippen LogP contribution in [0.1, 0.15) is 72.1 Å². The third kappa shape index (κ3) is 1.99. The second-order valence-electron chi connectivity index (χ2n) is 9.52. The lowest BCUT2D eigenvalue weighted by atomic mass is 9.44. The van der Waals surface area contributed by atoms with Crippen LogP contribution in [0.3, 0.4) is 0 Å². The Hall–Kier alpha value is -0.990. The van der Waals surface area contributed by atoms with Crippen LogP contribution in [0.15, 0.2) is 0 Å². The van der Waals surface area contributed by atoms with Gasteiger partial charge < -0.3 is 0 Å². The normalized spacial score (nSPS) is 51.1. The minimum atomic E-state index is -0.199. The van der Waals surface area contributed by atoms with Crippen molar-refractivity contribution < 1.29 is 14.4 Å². The topological polar surface area (TPSA) is 51.2 Å². The van der Waals surface area contributed by atoms with Crippen LogP contribution in [0.25, 0.3) is 0 Å². The number of carbonyl (C=O) groups is 3. The van der Waals surface area contributed by atoms with Crippen molar-refractivity contribution in [3.8, 4) is 0 Å². The Kier molecular flexibility index (Phi) is 3.61. The maximum absolute atomic E-state index is 13.0. The summed E-state index contributed by atoms with van der Waals surface area (Å²) in [5, 5.41) is 0. The molecule has 0 saturated heterocycles. The van der Waals surface area contributed by atoms with E-state index in [1.54, 1.807) is 0 Å². The van der Waals surface area contributed by atoms with Gasteiger partial charge in [0.1, 0.15) is 17.3 Å². The third-order valence-corrected chi connectivity index (χ3v) is 8.65. The van der Waals surface area contributed by atoms with Gasteiger partial charge in [-0.15, -0.1) is 0 Å². The van der Waals surface area contributed by atoms with Gasteiger partial charge in [-0.3, -0.25) is 14.4 Å². The molecule has 0 heterocycles. The molecule has 24 heavy (non-hydrogen) atoms. The highest BCUT2D eigenvalue weighted by atomic mass is 16.1. The molecule has 0 radical (unpaired) electrons. The van der Waals surface area contributed by atoms with E-state index in [2.05, 4.69) is 20.8 Å². The Balaban J connectivity index is 1.73. The number of Topliss-reactive ketones (excluding diaryl/α,β-unsaturated/α-hetero) is 3. The monoisotopic (exact) mass is 330 g/mol. The zero-order valence-corrected chi connectivity index (χ0v) is 15.3. The van der Waals surface area contributed by atoms with Crippen molar-refractivity contribution in [1.82, 2.24) is 0 Å². The van der Waals surface area contributed by atoms with Crippen molar-refractivity contribution in [2.24, 2.45) is 40.4 Å². The summed E-state index contributed by atoms with van der Waals surface area (Å²) >= 11 is 0. The molecule has 4 rings (SSSR count). The van der Waals surface area contributed by atoms with E-state index in [0.29, 0.717) is 60.9 Å². The van der Waals surface area contributed by atoms with E-state index in [1.807, 2.05) is 0 Å². The molecule has 0 aromatic carbocycles. The second kappa shape index (κ2) is 5.25. The molecular weight excluding hydrogens is 300 g/mol. The molecule has 4 aliphatic rings. The molecule has 0 aliphatic heterocycles. The molecule has 0 N–H and O–H groups in total. The summed E-state index contributed by atoms with van der Waals surface area (Å²) in [5.74, 6) is 2.69. The standard InChI is InChI=1S/C21H30O3/c1-4-12-9-18(24)21(3)8-6-15-14(19(12)21)11-17(23)16-10-13(22)5-7-20(15,16)2/h12,14-16,19H,4-11H2,1-3H3/t12?,14-,15+,16-,19+,20-,21-/m1/s1. The van der Waals surface area contributed by atoms with E-state index in [1.165, 1.54) is 0 Å². The quantitative estimate of drug-likeness (QED) is 0.730. The highest BCUT2D eigenvalue weighted by Gasteiger charge is 2.64. The molecule has 1 unspecified atom stereocenters. The van der Waals surface area contributed by atoms with Gasteiger partial charge in [-0.1, -0.05) is 27.2 Å². The number of hydrogen-bond acceptors (Lipinski definition) is 3. The van der Waals surface area contributed by atoms with Crippen LogP contribution >= 0.6 is 0 Å². The van der Waals surface area contributed by atoms with E-state index in [0.717, 1.165) is 25.7 Å². The van der Waals surface area contributed by atoms with Gasteiger partial charge in [-0.25, -0.2) is 0 Å². The summed E-state index contributed by atoms with van der Waals surface area (Å²) in [6.45, 7) is 6.65. The summed E-state index contributed by atoms with van der Waals surface area (Å²) in [6, 6.07) is 0. The van der Waals surface area contributed by atoms with Crippen molar-refractivity contribution in [2.75, 3.05) is 0 Å². The van der Waals surface area contributed by atoms with E-state index in [9.17, 15) is 14.4 Å². The molecule has 0 amide bonds. The van der Waals surface area contributed by atoms with Crippen LogP contribution in [-0.4, -0.2) is 17.3 Å². The van der Waals surface area contributed by atoms with Gasteiger partial charge in [0.25, 0.3) is 0 Å². The van der Waals surface area contributed by atoms with Gasteiger partial charge in [-0.2, -0.15) is 0 Å². The zero-order chi connectivity index (χ0) is 17.3. The number of carbonyl (C=O) groups excluding carboxylic acids is 3. The Morgan fingerprint density at radius 1 is 1.04 bits per heavy atom. The maximum Gasteiger partial charge on any atom is 0.139 e. The minimum Gasteiger partial charge on any atom is -0.300 e. The van der Waals surface area contributed by atoms with Crippen molar-refractivity contribution in [3.05, 3.63) is 0 Å². The molecule has 132 valence electrons. The summed E-state index contributed by atoms with van der Waals surface area (Å²) in [6.07, 6.45) is 6.40. The Labute approximate surface area is 144 Å². The van der Waals surface area contributed by atoms with Gasteiger partial charge in [0.15, 0.2) is 0 Å². The van der Waals surface area contributed by atoms with Crippen molar-refractivity contribution >= 4 is 17.3 Å². The summed E-state index contributed by atoms with van der Waals surface area (Å²) in [4.78, 5) is 37.6. The Bertz CT molecular complexity index is 608. The van der Waals surface area contributed by atoms with E-state index >= 15 is 0 Å². The molecule has 3 heteroatoms. The largest absolute Gasteiger partial charge is 0.300 e. The maximum atomic E-state index is 13.0. The molecule has 7 atom stereocenters. The molecule has 0 bridgehead atoms. The zero-order valence-electron chi connectivity index (χ0n) is 15.3. The molecule has 0 spiro atoms. The summed E-state index contributed by atoms with van der Waals surface area (Å²) in [5.41, 5.74) is -0.213. The number of fused-ring (bicyclic) bond motifs is 5. The van der Waals surface area contributed by atoms with Crippen LogP contribution in [0.5, 0.6) is 0 Å². The van der Waals surface area contributed by atoms with E-state index in [-0.39, 0.29) is 22.5 Å². The first kappa shape index (κ1) is 16.5. The third-order valence-electron chi connectivity index (χ3n) is 8.65. The molecule has 4 saturated carbocycles. The van der Waals surface area contributed by atoms with Gasteiger partial charge in [0.05, 0.1) is 0 Å². The number of hydrogen-bond donors (Lipinski definition) is 0. The fourth-order valence-electron chi connectivity index (χ4n) is 7.28. The van der Waals surface area contributed by atoms with Gasteiger partial charge >= 0.3 is 0 Å². The van der Waals surface area contributed by atoms with Crippen LogP contribution in [0.4, 0.5) is 0 Å². The van der Waals surface area contributed by atoms with Gasteiger partial charge in [0, 0.05) is 37.0 Å². The molecule has 4 aliphatic carbocycles. The molecule has 4 fully saturated rings.